The van der Waals surface area contributed by atoms with Crippen molar-refractivity contribution in [2.45, 2.75) is 5.41 Å². The monoisotopic (exact) mass is 690 g/mol. The lowest BCUT2D eigenvalue weighted by Gasteiger charge is -2.34. The number of nitriles is 1. The van der Waals surface area contributed by atoms with E-state index in [-0.39, 0.29) is 0 Å². The molecule has 1 unspecified atom stereocenters. The van der Waals surface area contributed by atoms with Crippen LogP contribution in [0.3, 0.4) is 0 Å². The van der Waals surface area contributed by atoms with Gasteiger partial charge in [-0.25, -0.2) is 15.0 Å². The maximum absolute atomic E-state index is 9.46. The zero-order chi connectivity index (χ0) is 36.1. The van der Waals surface area contributed by atoms with Crippen molar-refractivity contribution in [1.29, 1.82) is 5.26 Å². The average Bonchev–Trinajstić information content (AvgIpc) is 3.82. The van der Waals surface area contributed by atoms with E-state index in [0.717, 1.165) is 49.9 Å². The summed E-state index contributed by atoms with van der Waals surface area (Å²) in [6, 6.07) is 62.6. The van der Waals surface area contributed by atoms with Crippen molar-refractivity contribution in [2.24, 2.45) is 0 Å². The number of furan rings is 1. The van der Waals surface area contributed by atoms with Gasteiger partial charge in [0.15, 0.2) is 17.5 Å². The molecule has 5 heteroatoms. The zero-order valence-electron chi connectivity index (χ0n) is 29.0. The molecular weight excluding hydrogens is 661 g/mol. The molecule has 0 fully saturated rings. The van der Waals surface area contributed by atoms with Gasteiger partial charge in [-0.2, -0.15) is 5.26 Å². The molecule has 10 rings (SSSR count). The van der Waals surface area contributed by atoms with E-state index in [1.54, 1.807) is 0 Å². The van der Waals surface area contributed by atoms with Crippen LogP contribution >= 0.6 is 0 Å². The Labute approximate surface area is 312 Å². The van der Waals surface area contributed by atoms with Crippen molar-refractivity contribution in [3.63, 3.8) is 0 Å². The largest absolute Gasteiger partial charge is 0.464 e. The summed E-state index contributed by atoms with van der Waals surface area (Å²) in [7, 11) is 0. The van der Waals surface area contributed by atoms with Gasteiger partial charge in [-0.1, -0.05) is 158 Å². The van der Waals surface area contributed by atoms with Crippen molar-refractivity contribution in [3.8, 4) is 62.5 Å². The Kier molecular flexibility index (Phi) is 7.35. The van der Waals surface area contributed by atoms with E-state index < -0.39 is 5.41 Å². The Hall–Kier alpha value is -7.42. The molecule has 0 radical (unpaired) electrons. The highest BCUT2D eigenvalue weighted by Gasteiger charge is 2.47. The molecule has 1 aliphatic carbocycles. The molecule has 1 aliphatic rings. The minimum absolute atomic E-state index is 0.613. The lowest BCUT2D eigenvalue weighted by Crippen LogP contribution is -2.28. The molecular formula is C49H30N4O. The summed E-state index contributed by atoms with van der Waals surface area (Å²) in [6.45, 7) is 0. The minimum atomic E-state index is -0.622. The van der Waals surface area contributed by atoms with Crippen molar-refractivity contribution in [2.75, 3.05) is 0 Å². The van der Waals surface area contributed by atoms with Gasteiger partial charge >= 0.3 is 0 Å². The van der Waals surface area contributed by atoms with Gasteiger partial charge in [0.1, 0.15) is 5.58 Å². The fraction of sp³-hybridized carbons (Fsp3) is 0.0204. The fourth-order valence-corrected chi connectivity index (χ4v) is 8.12. The second kappa shape index (κ2) is 12.7. The van der Waals surface area contributed by atoms with E-state index in [0.29, 0.717) is 23.0 Å². The molecule has 0 saturated carbocycles. The number of rotatable bonds is 6. The normalized spacial score (nSPS) is 14.4. The molecule has 0 N–H and O–H groups in total. The third-order valence-electron chi connectivity index (χ3n) is 10.6. The molecule has 0 saturated heterocycles. The molecule has 2 heterocycles. The Morgan fingerprint density at radius 2 is 0.963 bits per heavy atom. The number of nitrogens with zero attached hydrogens (tertiary/aromatic N) is 4. The Morgan fingerprint density at radius 3 is 1.57 bits per heavy atom. The summed E-state index contributed by atoms with van der Waals surface area (Å²) in [6.07, 6.45) is 1.84. The van der Waals surface area contributed by atoms with Crippen LogP contribution in [-0.4, -0.2) is 15.0 Å². The lowest BCUT2D eigenvalue weighted by atomic mass is 9.67. The Bertz CT molecular complexity index is 2800. The first-order chi connectivity index (χ1) is 26.7. The first kappa shape index (κ1) is 31.3. The summed E-state index contributed by atoms with van der Waals surface area (Å²) < 4.78 is 6.24. The number of benzene rings is 7. The molecule has 5 nitrogen and oxygen atoms in total. The van der Waals surface area contributed by atoms with Crippen LogP contribution in [0.5, 0.6) is 0 Å². The van der Waals surface area contributed by atoms with Gasteiger partial charge in [0.05, 0.1) is 23.3 Å². The Balaban J connectivity index is 1.19. The molecule has 0 amide bonds. The van der Waals surface area contributed by atoms with E-state index in [4.69, 9.17) is 19.4 Å². The maximum atomic E-state index is 9.46. The maximum Gasteiger partial charge on any atom is 0.164 e. The summed E-state index contributed by atoms with van der Waals surface area (Å²) in [4.78, 5) is 14.9. The van der Waals surface area contributed by atoms with Gasteiger partial charge in [-0.3, -0.25) is 0 Å². The second-order valence-corrected chi connectivity index (χ2v) is 13.5. The molecule has 2 aromatic heterocycles. The van der Waals surface area contributed by atoms with Crippen LogP contribution in [0.4, 0.5) is 0 Å². The molecule has 0 bridgehead atoms. The summed E-state index contributed by atoms with van der Waals surface area (Å²) in [5, 5.41) is 10.5. The highest BCUT2D eigenvalue weighted by molar-refractivity contribution is 6.09. The summed E-state index contributed by atoms with van der Waals surface area (Å²) in [5.74, 6) is 1.87. The smallest absolute Gasteiger partial charge is 0.164 e. The lowest BCUT2D eigenvalue weighted by molar-refractivity contribution is 0.616. The van der Waals surface area contributed by atoms with Crippen LogP contribution in [0.2, 0.25) is 0 Å². The number of aromatic nitrogens is 3. The van der Waals surface area contributed by atoms with E-state index in [9.17, 15) is 5.26 Å². The SMILES string of the molecule is N#Cc1ccc(-c2coc3ccc4c(c23)-c2ccccc2C4(c2ccccc2)c2ccc(-c3nc(-c4ccccc4)nc(-c4ccccc4)n3)cc2)cc1. The second-order valence-electron chi connectivity index (χ2n) is 13.5. The van der Waals surface area contributed by atoms with Gasteiger partial charge < -0.3 is 4.42 Å². The molecule has 0 aliphatic heterocycles. The van der Waals surface area contributed by atoms with E-state index >= 15 is 0 Å². The quantitative estimate of drug-likeness (QED) is 0.174. The van der Waals surface area contributed by atoms with Gasteiger partial charge in [0.25, 0.3) is 0 Å². The van der Waals surface area contributed by atoms with Crippen LogP contribution in [0.1, 0.15) is 27.8 Å². The molecule has 7 aromatic carbocycles. The van der Waals surface area contributed by atoms with E-state index in [2.05, 4.69) is 97.1 Å². The van der Waals surface area contributed by atoms with Crippen LogP contribution in [0, 0.1) is 11.3 Å². The van der Waals surface area contributed by atoms with Crippen molar-refractivity contribution in [1.82, 2.24) is 15.0 Å². The van der Waals surface area contributed by atoms with Crippen LogP contribution in [0.25, 0.3) is 67.4 Å². The van der Waals surface area contributed by atoms with Crippen LogP contribution in [-0.2, 0) is 5.41 Å². The van der Waals surface area contributed by atoms with E-state index in [1.165, 1.54) is 22.3 Å². The number of fused-ring (bicyclic) bond motifs is 5. The number of hydrogen-bond acceptors (Lipinski definition) is 5. The molecule has 9 aromatic rings. The van der Waals surface area contributed by atoms with Gasteiger partial charge in [-0.05, 0) is 57.1 Å². The highest BCUT2D eigenvalue weighted by Crippen LogP contribution is 2.59. The van der Waals surface area contributed by atoms with Crippen LogP contribution in [0.15, 0.2) is 187 Å². The minimum Gasteiger partial charge on any atom is -0.464 e. The predicted molar refractivity (Wildman–Crippen MR) is 213 cm³/mol. The van der Waals surface area contributed by atoms with Crippen molar-refractivity contribution >= 4 is 11.0 Å². The third kappa shape index (κ3) is 4.89. The first-order valence-electron chi connectivity index (χ1n) is 17.9. The van der Waals surface area contributed by atoms with Crippen LogP contribution < -0.4 is 0 Å². The highest BCUT2D eigenvalue weighted by atomic mass is 16.3. The fourth-order valence-electron chi connectivity index (χ4n) is 8.12. The summed E-state index contributed by atoms with van der Waals surface area (Å²) >= 11 is 0. The first-order valence-corrected chi connectivity index (χ1v) is 17.9. The van der Waals surface area contributed by atoms with Gasteiger partial charge in [0, 0.05) is 27.6 Å². The molecule has 0 spiro atoms. The molecule has 252 valence electrons. The zero-order valence-corrected chi connectivity index (χ0v) is 29.0. The van der Waals surface area contributed by atoms with Gasteiger partial charge in [0.2, 0.25) is 0 Å². The third-order valence-corrected chi connectivity index (χ3v) is 10.6. The van der Waals surface area contributed by atoms with Crippen molar-refractivity contribution in [3.05, 3.63) is 210 Å². The standard InChI is InChI=1S/C49H30N4O/c50-30-32-20-22-33(23-21-32)40-31-54-43-29-28-42-44(45(40)43)39-18-10-11-19-41(39)49(42,37-16-8-3-9-17-37)38-26-24-36(25-27-38)48-52-46(34-12-4-1-5-13-34)51-47(53-48)35-14-6-2-7-15-35/h1-29,31H. The topological polar surface area (TPSA) is 75.6 Å². The average molecular weight is 691 g/mol. The summed E-state index contributed by atoms with van der Waals surface area (Å²) in [5.41, 5.74) is 12.6. The molecule has 1 atom stereocenters. The van der Waals surface area contributed by atoms with E-state index in [1.807, 2.05) is 91.2 Å². The predicted octanol–water partition coefficient (Wildman–Crippen LogP) is 11.5. The van der Waals surface area contributed by atoms with Crippen molar-refractivity contribution < 1.29 is 4.42 Å². The molecule has 54 heavy (non-hydrogen) atoms. The number of hydrogen-bond donors (Lipinski definition) is 0. The Morgan fingerprint density at radius 1 is 0.444 bits per heavy atom. The van der Waals surface area contributed by atoms with Gasteiger partial charge in [-0.15, -0.1) is 0 Å².